The molecule has 0 bridgehead atoms. The summed E-state index contributed by atoms with van der Waals surface area (Å²) in [5, 5.41) is 12.3. The molecular weight excluding hydrogens is 268 g/mol. The average molecular weight is 284 g/mol. The Bertz CT molecular complexity index is 652. The SMILES string of the molecule is CN(C)C(=O)/C(=N/O)c1ccccc1Oc1ccccc1. The Hall–Kier alpha value is -2.82. The van der Waals surface area contributed by atoms with Crippen molar-refractivity contribution in [2.75, 3.05) is 14.1 Å². The number of nitrogens with zero attached hydrogens (tertiary/aromatic N) is 2. The zero-order chi connectivity index (χ0) is 15.2. The normalized spacial score (nSPS) is 11.0. The van der Waals surface area contributed by atoms with Crippen LogP contribution in [0, 0.1) is 0 Å². The average Bonchev–Trinajstić information content (AvgIpc) is 2.50. The van der Waals surface area contributed by atoms with Crippen molar-refractivity contribution in [2.45, 2.75) is 0 Å². The largest absolute Gasteiger partial charge is 0.457 e. The molecule has 0 spiro atoms. The van der Waals surface area contributed by atoms with E-state index in [9.17, 15) is 10.0 Å². The molecule has 0 heterocycles. The molecule has 2 aromatic rings. The fraction of sp³-hybridized carbons (Fsp3) is 0.125. The second kappa shape index (κ2) is 6.56. The zero-order valence-electron chi connectivity index (χ0n) is 11.9. The highest BCUT2D eigenvalue weighted by atomic mass is 16.5. The Balaban J connectivity index is 2.39. The summed E-state index contributed by atoms with van der Waals surface area (Å²) in [4.78, 5) is 13.4. The maximum absolute atomic E-state index is 12.1. The van der Waals surface area contributed by atoms with Crippen LogP contribution in [0.2, 0.25) is 0 Å². The lowest BCUT2D eigenvalue weighted by Gasteiger charge is -2.14. The lowest BCUT2D eigenvalue weighted by Crippen LogP contribution is -2.30. The van der Waals surface area contributed by atoms with Crippen molar-refractivity contribution in [3.05, 3.63) is 60.2 Å². The number of carbonyl (C=O) groups excluding carboxylic acids is 1. The standard InChI is InChI=1S/C16H16N2O3/c1-18(2)16(19)15(17-20)13-10-6-7-11-14(13)21-12-8-4-3-5-9-12/h3-11,20H,1-2H3/b17-15+. The number of amides is 1. The van der Waals surface area contributed by atoms with Gasteiger partial charge >= 0.3 is 0 Å². The second-order valence-electron chi connectivity index (χ2n) is 4.56. The van der Waals surface area contributed by atoms with Crippen LogP contribution in [0.25, 0.3) is 0 Å². The quantitative estimate of drug-likeness (QED) is 0.533. The lowest BCUT2D eigenvalue weighted by atomic mass is 10.1. The zero-order valence-corrected chi connectivity index (χ0v) is 11.9. The molecule has 108 valence electrons. The molecule has 21 heavy (non-hydrogen) atoms. The molecule has 0 unspecified atom stereocenters. The van der Waals surface area contributed by atoms with E-state index in [1.807, 2.05) is 18.2 Å². The molecule has 0 aliphatic rings. The van der Waals surface area contributed by atoms with Crippen molar-refractivity contribution < 1.29 is 14.7 Å². The monoisotopic (exact) mass is 284 g/mol. The van der Waals surface area contributed by atoms with Crippen LogP contribution in [0.5, 0.6) is 11.5 Å². The predicted molar refractivity (Wildman–Crippen MR) is 80.0 cm³/mol. The summed E-state index contributed by atoms with van der Waals surface area (Å²) in [6.45, 7) is 0. The molecule has 0 aliphatic carbocycles. The second-order valence-corrected chi connectivity index (χ2v) is 4.56. The van der Waals surface area contributed by atoms with E-state index in [-0.39, 0.29) is 5.71 Å². The molecule has 0 atom stereocenters. The van der Waals surface area contributed by atoms with Gasteiger partial charge in [0, 0.05) is 14.1 Å². The van der Waals surface area contributed by atoms with Gasteiger partial charge in [0.2, 0.25) is 0 Å². The fourth-order valence-electron chi connectivity index (χ4n) is 1.79. The number of likely N-dealkylation sites (N-methyl/N-ethyl adjacent to an activating group) is 1. The van der Waals surface area contributed by atoms with E-state index < -0.39 is 5.91 Å². The van der Waals surface area contributed by atoms with Gasteiger partial charge in [-0.2, -0.15) is 0 Å². The molecule has 2 rings (SSSR count). The number of oxime groups is 1. The number of hydrogen-bond donors (Lipinski definition) is 1. The first-order valence-corrected chi connectivity index (χ1v) is 6.39. The first-order chi connectivity index (χ1) is 10.1. The van der Waals surface area contributed by atoms with Gasteiger partial charge in [0.05, 0.1) is 5.56 Å². The highest BCUT2D eigenvalue weighted by molar-refractivity contribution is 6.45. The Morgan fingerprint density at radius 2 is 1.67 bits per heavy atom. The minimum atomic E-state index is -0.401. The number of benzene rings is 2. The molecule has 0 aliphatic heterocycles. The van der Waals surface area contributed by atoms with Gasteiger partial charge in [-0.15, -0.1) is 0 Å². The molecule has 2 aromatic carbocycles. The third-order valence-corrected chi connectivity index (χ3v) is 2.82. The Morgan fingerprint density at radius 1 is 1.05 bits per heavy atom. The number of rotatable bonds is 4. The molecule has 0 fully saturated rings. The van der Waals surface area contributed by atoms with Crippen LogP contribution in [-0.4, -0.2) is 35.8 Å². The highest BCUT2D eigenvalue weighted by Crippen LogP contribution is 2.25. The van der Waals surface area contributed by atoms with E-state index in [0.29, 0.717) is 17.1 Å². The minimum Gasteiger partial charge on any atom is -0.457 e. The van der Waals surface area contributed by atoms with Gasteiger partial charge in [0.15, 0.2) is 5.71 Å². The molecule has 0 saturated carbocycles. The first kappa shape index (κ1) is 14.6. The van der Waals surface area contributed by atoms with Crippen molar-refractivity contribution in [1.29, 1.82) is 0 Å². The third kappa shape index (κ3) is 3.39. The Labute approximate surface area is 123 Å². The van der Waals surface area contributed by atoms with Gasteiger partial charge in [-0.3, -0.25) is 4.79 Å². The van der Waals surface area contributed by atoms with Crippen molar-refractivity contribution >= 4 is 11.6 Å². The van der Waals surface area contributed by atoms with Crippen molar-refractivity contribution in [2.24, 2.45) is 5.16 Å². The molecule has 1 amide bonds. The molecular formula is C16H16N2O3. The number of ether oxygens (including phenoxy) is 1. The van der Waals surface area contributed by atoms with E-state index in [4.69, 9.17) is 4.74 Å². The summed E-state index contributed by atoms with van der Waals surface area (Å²) < 4.78 is 5.76. The highest BCUT2D eigenvalue weighted by Gasteiger charge is 2.20. The van der Waals surface area contributed by atoms with Gasteiger partial charge in [0.25, 0.3) is 5.91 Å². The number of carbonyl (C=O) groups is 1. The maximum atomic E-state index is 12.1. The molecule has 0 radical (unpaired) electrons. The third-order valence-electron chi connectivity index (χ3n) is 2.82. The van der Waals surface area contributed by atoms with E-state index in [0.717, 1.165) is 0 Å². The van der Waals surface area contributed by atoms with Crippen LogP contribution in [-0.2, 0) is 4.79 Å². The smallest absolute Gasteiger partial charge is 0.276 e. The summed E-state index contributed by atoms with van der Waals surface area (Å²) in [7, 11) is 3.18. The number of para-hydroxylation sites is 2. The van der Waals surface area contributed by atoms with Crippen molar-refractivity contribution in [3.8, 4) is 11.5 Å². The molecule has 1 N–H and O–H groups in total. The first-order valence-electron chi connectivity index (χ1n) is 6.39. The Morgan fingerprint density at radius 3 is 2.29 bits per heavy atom. The molecule has 5 nitrogen and oxygen atoms in total. The summed E-state index contributed by atoms with van der Waals surface area (Å²) in [6.07, 6.45) is 0. The van der Waals surface area contributed by atoms with Crippen molar-refractivity contribution in [3.63, 3.8) is 0 Å². The predicted octanol–water partition coefficient (Wildman–Crippen LogP) is 2.75. The van der Waals surface area contributed by atoms with E-state index in [2.05, 4.69) is 5.16 Å². The summed E-state index contributed by atoms with van der Waals surface area (Å²) in [5.41, 5.74) is 0.370. The molecule has 0 aromatic heterocycles. The van der Waals surface area contributed by atoms with Gasteiger partial charge in [-0.05, 0) is 24.3 Å². The van der Waals surface area contributed by atoms with Crippen molar-refractivity contribution in [1.82, 2.24) is 4.90 Å². The molecule has 0 saturated heterocycles. The van der Waals surface area contributed by atoms with E-state index >= 15 is 0 Å². The van der Waals surface area contributed by atoms with Gasteiger partial charge in [0.1, 0.15) is 11.5 Å². The fourth-order valence-corrected chi connectivity index (χ4v) is 1.79. The van der Waals surface area contributed by atoms with Gasteiger partial charge < -0.3 is 14.8 Å². The van der Waals surface area contributed by atoms with E-state index in [1.165, 1.54) is 4.90 Å². The van der Waals surface area contributed by atoms with Gasteiger partial charge in [-0.25, -0.2) is 0 Å². The molecule has 5 heteroatoms. The van der Waals surface area contributed by atoms with Crippen LogP contribution in [0.1, 0.15) is 5.56 Å². The van der Waals surface area contributed by atoms with Crippen LogP contribution in [0.15, 0.2) is 59.8 Å². The van der Waals surface area contributed by atoms with Crippen LogP contribution >= 0.6 is 0 Å². The summed E-state index contributed by atoms with van der Waals surface area (Å²) in [5.74, 6) is 0.688. The Kier molecular flexibility index (Phi) is 4.56. The van der Waals surface area contributed by atoms with Crippen LogP contribution in [0.4, 0.5) is 0 Å². The summed E-state index contributed by atoms with van der Waals surface area (Å²) >= 11 is 0. The minimum absolute atomic E-state index is 0.0634. The summed E-state index contributed by atoms with van der Waals surface area (Å²) in [6, 6.07) is 16.1. The maximum Gasteiger partial charge on any atom is 0.276 e. The van der Waals surface area contributed by atoms with Crippen LogP contribution in [0.3, 0.4) is 0 Å². The van der Waals surface area contributed by atoms with Gasteiger partial charge in [-0.1, -0.05) is 35.5 Å². The lowest BCUT2D eigenvalue weighted by molar-refractivity contribution is -0.121. The van der Waals surface area contributed by atoms with Crippen LogP contribution < -0.4 is 4.74 Å². The van der Waals surface area contributed by atoms with E-state index in [1.54, 1.807) is 50.5 Å². The number of hydrogen-bond acceptors (Lipinski definition) is 4. The topological polar surface area (TPSA) is 62.1 Å².